The van der Waals surface area contributed by atoms with Crippen LogP contribution in [0.25, 0.3) is 0 Å². The summed E-state index contributed by atoms with van der Waals surface area (Å²) in [6.07, 6.45) is 0.641. The molecule has 0 saturated heterocycles. The van der Waals surface area contributed by atoms with Gasteiger partial charge in [-0.25, -0.2) is 9.59 Å². The highest BCUT2D eigenvalue weighted by atomic mass is 32.2. The number of carbonyl (C=O) groups excluding carboxylic acids is 1. The fourth-order valence-electron chi connectivity index (χ4n) is 4.43. The molecule has 2 atom stereocenters. The molecular weight excluding hydrogens is 438 g/mol. The molecule has 2 unspecified atom stereocenters. The lowest BCUT2D eigenvalue weighted by Crippen LogP contribution is -2.59. The van der Waals surface area contributed by atoms with Crippen LogP contribution in [0.15, 0.2) is 77.7 Å². The maximum absolute atomic E-state index is 12.8. The highest BCUT2D eigenvalue weighted by molar-refractivity contribution is 7.97. The molecule has 0 saturated carbocycles. The Bertz CT molecular complexity index is 1200. The van der Waals surface area contributed by atoms with Crippen LogP contribution in [0.5, 0.6) is 0 Å². The van der Waals surface area contributed by atoms with Crippen molar-refractivity contribution in [3.8, 4) is 0 Å². The lowest BCUT2D eigenvalue weighted by molar-refractivity contribution is -0.118. The zero-order valence-electron chi connectivity index (χ0n) is 17.7. The Labute approximate surface area is 195 Å². The lowest BCUT2D eigenvalue weighted by atomic mass is 9.81. The lowest BCUT2D eigenvalue weighted by Gasteiger charge is -2.44. The molecule has 4 N–H and O–H groups in total. The van der Waals surface area contributed by atoms with Gasteiger partial charge in [0.05, 0.1) is 17.9 Å². The van der Waals surface area contributed by atoms with Gasteiger partial charge in [-0.2, -0.15) is 0 Å². The average molecular weight is 462 g/mol. The quantitative estimate of drug-likeness (QED) is 0.422. The minimum atomic E-state index is -1.23. The second kappa shape index (κ2) is 8.90. The van der Waals surface area contributed by atoms with E-state index in [1.165, 1.54) is 6.07 Å². The molecule has 5 rings (SSSR count). The maximum atomic E-state index is 12.8. The molecular formula is C25H23N3O4S. The van der Waals surface area contributed by atoms with Gasteiger partial charge in [0, 0.05) is 22.9 Å². The molecule has 2 heterocycles. The van der Waals surface area contributed by atoms with Gasteiger partial charge in [-0.1, -0.05) is 48.5 Å². The number of ether oxygens (including phenoxy) is 1. The molecule has 0 bridgehead atoms. The second-order valence-electron chi connectivity index (χ2n) is 8.11. The number of hydrogen-bond donors (Lipinski definition) is 4. The standard InChI is InChI=1S/C25H23N3O4S/c29-23(30)18-10-11-21-20(13-18)25(28-24(31)27-21,32-15-16-6-2-1-3-7-16)19-12-17-8-4-5-9-22(17)33-26-14-19/h1-11,13,19,26H,12,14-15H2,(H,29,30)(H2,27,28,31). The van der Waals surface area contributed by atoms with Gasteiger partial charge < -0.3 is 20.5 Å². The van der Waals surface area contributed by atoms with E-state index in [9.17, 15) is 14.7 Å². The summed E-state index contributed by atoms with van der Waals surface area (Å²) in [5.74, 6) is -1.24. The largest absolute Gasteiger partial charge is 0.478 e. The van der Waals surface area contributed by atoms with Gasteiger partial charge in [0.15, 0.2) is 5.72 Å². The molecule has 3 aromatic rings. The molecule has 33 heavy (non-hydrogen) atoms. The summed E-state index contributed by atoms with van der Waals surface area (Å²) in [6.45, 7) is 0.800. The van der Waals surface area contributed by atoms with Gasteiger partial charge >= 0.3 is 12.0 Å². The minimum Gasteiger partial charge on any atom is -0.478 e. The summed E-state index contributed by atoms with van der Waals surface area (Å²) >= 11 is 1.55. The van der Waals surface area contributed by atoms with Crippen LogP contribution in [0.4, 0.5) is 10.5 Å². The van der Waals surface area contributed by atoms with E-state index in [1.54, 1.807) is 24.1 Å². The summed E-state index contributed by atoms with van der Waals surface area (Å²) in [5, 5.41) is 15.5. The van der Waals surface area contributed by atoms with Gasteiger partial charge in [0.25, 0.3) is 0 Å². The van der Waals surface area contributed by atoms with Gasteiger partial charge in [-0.15, -0.1) is 0 Å². The molecule has 8 heteroatoms. The van der Waals surface area contributed by atoms with Crippen molar-refractivity contribution in [2.24, 2.45) is 5.92 Å². The molecule has 168 valence electrons. The van der Waals surface area contributed by atoms with E-state index in [1.807, 2.05) is 42.5 Å². The first-order chi connectivity index (χ1) is 16.0. The summed E-state index contributed by atoms with van der Waals surface area (Å²) in [4.78, 5) is 25.7. The van der Waals surface area contributed by atoms with Crippen molar-refractivity contribution in [3.63, 3.8) is 0 Å². The smallest absolute Gasteiger partial charge is 0.335 e. The molecule has 3 aromatic carbocycles. The predicted molar refractivity (Wildman–Crippen MR) is 126 cm³/mol. The van der Waals surface area contributed by atoms with E-state index >= 15 is 0 Å². The first-order valence-corrected chi connectivity index (χ1v) is 11.5. The van der Waals surface area contributed by atoms with Crippen molar-refractivity contribution in [2.75, 3.05) is 11.9 Å². The molecule has 2 amide bonds. The molecule has 0 radical (unpaired) electrons. The average Bonchev–Trinajstić information content (AvgIpc) is 3.06. The zero-order chi connectivity index (χ0) is 22.8. The van der Waals surface area contributed by atoms with Crippen LogP contribution in [0, 0.1) is 5.92 Å². The first kappa shape index (κ1) is 21.5. The van der Waals surface area contributed by atoms with Crippen molar-refractivity contribution >= 4 is 29.6 Å². The van der Waals surface area contributed by atoms with Gasteiger partial charge in [-0.05, 0) is 53.8 Å². The Balaban J connectivity index is 1.63. The number of amides is 2. The number of aromatic carboxylic acids is 1. The van der Waals surface area contributed by atoms with E-state index < -0.39 is 11.7 Å². The summed E-state index contributed by atoms with van der Waals surface area (Å²) in [7, 11) is 0. The number of carbonyl (C=O) groups is 2. The van der Waals surface area contributed by atoms with Gasteiger partial charge in [-0.3, -0.25) is 4.72 Å². The summed E-state index contributed by atoms with van der Waals surface area (Å²) < 4.78 is 9.99. The predicted octanol–water partition coefficient (Wildman–Crippen LogP) is 4.36. The number of carboxylic acid groups (broad SMARTS) is 1. The van der Waals surface area contributed by atoms with Crippen molar-refractivity contribution in [2.45, 2.75) is 23.6 Å². The maximum Gasteiger partial charge on any atom is 0.335 e. The van der Waals surface area contributed by atoms with Crippen LogP contribution in [-0.2, 0) is 23.5 Å². The summed E-state index contributed by atoms with van der Waals surface area (Å²) in [5.41, 5.74) is 2.15. The Morgan fingerprint density at radius 1 is 1.09 bits per heavy atom. The Hall–Kier alpha value is -3.33. The molecule has 0 spiro atoms. The number of hydrogen-bond acceptors (Lipinski definition) is 5. The molecule has 7 nitrogen and oxygen atoms in total. The highest BCUT2D eigenvalue weighted by Crippen LogP contribution is 2.43. The van der Waals surface area contributed by atoms with Crippen LogP contribution < -0.4 is 15.4 Å². The van der Waals surface area contributed by atoms with E-state index in [0.717, 1.165) is 16.0 Å². The highest BCUT2D eigenvalue weighted by Gasteiger charge is 2.48. The Morgan fingerprint density at radius 3 is 2.70 bits per heavy atom. The fraction of sp³-hybridized carbons (Fsp3) is 0.200. The zero-order valence-corrected chi connectivity index (χ0v) is 18.5. The topological polar surface area (TPSA) is 99.7 Å². The molecule has 2 aliphatic heterocycles. The van der Waals surface area contributed by atoms with Crippen molar-refractivity contribution in [1.82, 2.24) is 10.0 Å². The summed E-state index contributed by atoms with van der Waals surface area (Å²) in [6, 6.07) is 22.2. The van der Waals surface area contributed by atoms with Crippen LogP contribution in [0.3, 0.4) is 0 Å². The molecule has 0 aliphatic carbocycles. The van der Waals surface area contributed by atoms with Crippen molar-refractivity contribution in [1.29, 1.82) is 0 Å². The van der Waals surface area contributed by atoms with Crippen LogP contribution in [-0.4, -0.2) is 23.7 Å². The third-order valence-electron chi connectivity index (χ3n) is 6.05. The van der Waals surface area contributed by atoms with Crippen LogP contribution in [0.2, 0.25) is 0 Å². The number of fused-ring (bicyclic) bond motifs is 2. The van der Waals surface area contributed by atoms with Gasteiger partial charge in [0.1, 0.15) is 0 Å². The third kappa shape index (κ3) is 4.20. The number of benzene rings is 3. The number of rotatable bonds is 5. The van der Waals surface area contributed by atoms with Crippen LogP contribution >= 0.6 is 11.9 Å². The fourth-order valence-corrected chi connectivity index (χ4v) is 5.29. The van der Waals surface area contributed by atoms with Crippen molar-refractivity contribution < 1.29 is 19.4 Å². The van der Waals surface area contributed by atoms with Gasteiger partial charge in [0.2, 0.25) is 0 Å². The molecule has 0 aromatic heterocycles. The van der Waals surface area contributed by atoms with E-state index in [2.05, 4.69) is 27.5 Å². The van der Waals surface area contributed by atoms with E-state index in [-0.39, 0.29) is 24.1 Å². The molecule has 2 aliphatic rings. The first-order valence-electron chi connectivity index (χ1n) is 10.7. The number of nitrogens with one attached hydrogen (secondary N) is 3. The second-order valence-corrected chi connectivity index (χ2v) is 9.05. The van der Waals surface area contributed by atoms with Crippen molar-refractivity contribution in [3.05, 3.63) is 95.1 Å². The minimum absolute atomic E-state index is 0.135. The monoisotopic (exact) mass is 461 g/mol. The normalized spacial score (nSPS) is 21.7. The van der Waals surface area contributed by atoms with E-state index in [4.69, 9.17) is 4.74 Å². The Kier molecular flexibility index (Phi) is 5.80. The third-order valence-corrected chi connectivity index (χ3v) is 6.98. The van der Waals surface area contributed by atoms with Crippen LogP contribution in [0.1, 0.15) is 27.0 Å². The number of carboxylic acids is 1. The SMILES string of the molecule is O=C1Nc2ccc(C(=O)O)cc2C(OCc2ccccc2)(C2CNSc3ccccc3C2)N1. The van der Waals surface area contributed by atoms with E-state index in [0.29, 0.717) is 24.2 Å². The number of anilines is 1. The molecule has 0 fully saturated rings. The number of urea groups is 1. The Morgan fingerprint density at radius 2 is 1.88 bits per heavy atom.